The van der Waals surface area contributed by atoms with Crippen LogP contribution in [0.1, 0.15) is 19.4 Å². The summed E-state index contributed by atoms with van der Waals surface area (Å²) in [6.45, 7) is 3.94. The van der Waals surface area contributed by atoms with Crippen LogP contribution in [0.15, 0.2) is 41.0 Å². The number of nitrogens with zero attached hydrogens (tertiary/aromatic N) is 1. The molecule has 0 aromatic heterocycles. The van der Waals surface area contributed by atoms with Gasteiger partial charge in [-0.15, -0.1) is 0 Å². The molecule has 0 bridgehead atoms. The molecule has 0 aliphatic heterocycles. The molecule has 0 fully saturated rings. The SMILES string of the molecule is C/C(=C/c1ccccc1)CN/N=C(\C)C(=O)O. The monoisotopic (exact) mass is 232 g/mol. The van der Waals surface area contributed by atoms with E-state index >= 15 is 0 Å². The molecule has 0 atom stereocenters. The van der Waals surface area contributed by atoms with E-state index in [9.17, 15) is 4.79 Å². The molecule has 0 saturated carbocycles. The second-order valence-corrected chi connectivity index (χ2v) is 3.74. The zero-order chi connectivity index (χ0) is 12.7. The molecule has 1 aromatic rings. The first-order valence-electron chi connectivity index (χ1n) is 5.32. The van der Waals surface area contributed by atoms with Crippen LogP contribution in [-0.4, -0.2) is 23.3 Å². The second kappa shape index (κ2) is 6.48. The minimum Gasteiger partial charge on any atom is -0.477 e. The van der Waals surface area contributed by atoms with Gasteiger partial charge >= 0.3 is 5.97 Å². The van der Waals surface area contributed by atoms with Crippen molar-refractivity contribution >= 4 is 17.8 Å². The highest BCUT2D eigenvalue weighted by atomic mass is 16.4. The molecule has 0 aliphatic carbocycles. The quantitative estimate of drug-likeness (QED) is 0.604. The van der Waals surface area contributed by atoms with Gasteiger partial charge in [-0.3, -0.25) is 0 Å². The van der Waals surface area contributed by atoms with Gasteiger partial charge in [-0.2, -0.15) is 5.10 Å². The number of rotatable bonds is 5. The molecule has 1 rings (SSSR count). The van der Waals surface area contributed by atoms with Crippen LogP contribution in [0.4, 0.5) is 0 Å². The van der Waals surface area contributed by atoms with E-state index in [1.54, 1.807) is 0 Å². The van der Waals surface area contributed by atoms with Crippen molar-refractivity contribution in [2.75, 3.05) is 6.54 Å². The van der Waals surface area contributed by atoms with Crippen LogP contribution in [0.2, 0.25) is 0 Å². The van der Waals surface area contributed by atoms with Crippen molar-refractivity contribution in [1.29, 1.82) is 0 Å². The van der Waals surface area contributed by atoms with Gasteiger partial charge in [0.05, 0.1) is 6.54 Å². The van der Waals surface area contributed by atoms with Crippen molar-refractivity contribution in [3.8, 4) is 0 Å². The van der Waals surface area contributed by atoms with Crippen molar-refractivity contribution < 1.29 is 9.90 Å². The number of nitrogens with one attached hydrogen (secondary N) is 1. The highest BCUT2D eigenvalue weighted by molar-refractivity contribution is 6.34. The number of hydrogen-bond acceptors (Lipinski definition) is 3. The van der Waals surface area contributed by atoms with Gasteiger partial charge in [0, 0.05) is 0 Å². The molecule has 0 radical (unpaired) electrons. The van der Waals surface area contributed by atoms with E-state index in [0.717, 1.165) is 11.1 Å². The lowest BCUT2D eigenvalue weighted by Gasteiger charge is -2.02. The van der Waals surface area contributed by atoms with Crippen molar-refractivity contribution in [3.05, 3.63) is 41.5 Å². The molecule has 0 aliphatic rings. The van der Waals surface area contributed by atoms with E-state index < -0.39 is 5.97 Å². The standard InChI is InChI=1S/C13H16N2O2/c1-10(8-12-6-4-3-5-7-12)9-14-15-11(2)13(16)17/h3-8,14H,9H2,1-2H3,(H,16,17)/b10-8-,15-11+. The average molecular weight is 232 g/mol. The van der Waals surface area contributed by atoms with Gasteiger partial charge in [0.25, 0.3) is 0 Å². The summed E-state index contributed by atoms with van der Waals surface area (Å²) in [7, 11) is 0. The van der Waals surface area contributed by atoms with Gasteiger partial charge in [-0.1, -0.05) is 42.0 Å². The van der Waals surface area contributed by atoms with Gasteiger partial charge in [0.15, 0.2) is 0 Å². The van der Waals surface area contributed by atoms with Crippen LogP contribution < -0.4 is 5.43 Å². The Morgan fingerprint density at radius 2 is 2.00 bits per heavy atom. The van der Waals surface area contributed by atoms with E-state index in [4.69, 9.17) is 5.11 Å². The fraction of sp³-hybridized carbons (Fsp3) is 0.231. The summed E-state index contributed by atoms with van der Waals surface area (Å²) in [5.41, 5.74) is 4.98. The lowest BCUT2D eigenvalue weighted by Crippen LogP contribution is -2.16. The molecular weight excluding hydrogens is 216 g/mol. The van der Waals surface area contributed by atoms with Crippen LogP contribution >= 0.6 is 0 Å². The molecule has 4 nitrogen and oxygen atoms in total. The topological polar surface area (TPSA) is 61.7 Å². The number of carboxylic acid groups (broad SMARTS) is 1. The molecule has 0 amide bonds. The molecule has 0 unspecified atom stereocenters. The van der Waals surface area contributed by atoms with Crippen molar-refractivity contribution in [1.82, 2.24) is 5.43 Å². The number of benzene rings is 1. The van der Waals surface area contributed by atoms with E-state index in [1.165, 1.54) is 6.92 Å². The predicted molar refractivity (Wildman–Crippen MR) is 68.8 cm³/mol. The number of aliphatic carboxylic acids is 1. The maximum Gasteiger partial charge on any atom is 0.351 e. The summed E-state index contributed by atoms with van der Waals surface area (Å²) in [5, 5.41) is 12.3. The van der Waals surface area contributed by atoms with Gasteiger partial charge in [-0.25, -0.2) is 4.79 Å². The summed E-state index contributed by atoms with van der Waals surface area (Å²) >= 11 is 0. The van der Waals surface area contributed by atoms with Gasteiger partial charge < -0.3 is 10.5 Å². The molecule has 2 N–H and O–H groups in total. The lowest BCUT2D eigenvalue weighted by atomic mass is 10.1. The van der Waals surface area contributed by atoms with Crippen LogP contribution in [0, 0.1) is 0 Å². The van der Waals surface area contributed by atoms with Crippen LogP contribution in [0.5, 0.6) is 0 Å². The summed E-state index contributed by atoms with van der Waals surface area (Å²) in [6.07, 6.45) is 2.03. The number of carbonyl (C=O) groups is 1. The fourth-order valence-corrected chi connectivity index (χ4v) is 1.22. The fourth-order valence-electron chi connectivity index (χ4n) is 1.22. The first-order chi connectivity index (χ1) is 8.09. The van der Waals surface area contributed by atoms with Gasteiger partial charge in [0.1, 0.15) is 5.71 Å². The molecule has 4 heteroatoms. The lowest BCUT2D eigenvalue weighted by molar-refractivity contribution is -0.129. The first-order valence-corrected chi connectivity index (χ1v) is 5.32. The largest absolute Gasteiger partial charge is 0.477 e. The molecule has 90 valence electrons. The molecule has 0 saturated heterocycles. The smallest absolute Gasteiger partial charge is 0.351 e. The zero-order valence-electron chi connectivity index (χ0n) is 9.97. The Kier molecular flexibility index (Phi) is 4.94. The minimum absolute atomic E-state index is 0.0533. The summed E-state index contributed by atoms with van der Waals surface area (Å²) < 4.78 is 0. The Morgan fingerprint density at radius 1 is 1.35 bits per heavy atom. The number of carboxylic acids is 1. The van der Waals surface area contributed by atoms with Crippen LogP contribution in [0.3, 0.4) is 0 Å². The van der Waals surface area contributed by atoms with Crippen molar-refractivity contribution in [3.63, 3.8) is 0 Å². The third-order valence-electron chi connectivity index (χ3n) is 2.13. The van der Waals surface area contributed by atoms with Crippen LogP contribution in [-0.2, 0) is 4.79 Å². The first kappa shape index (κ1) is 13.0. The molecule has 17 heavy (non-hydrogen) atoms. The van der Waals surface area contributed by atoms with Crippen molar-refractivity contribution in [2.45, 2.75) is 13.8 Å². The van der Waals surface area contributed by atoms with E-state index in [0.29, 0.717) is 6.54 Å². The minimum atomic E-state index is -1.01. The Hall–Kier alpha value is -2.10. The summed E-state index contributed by atoms with van der Waals surface area (Å²) in [4.78, 5) is 10.5. The maximum absolute atomic E-state index is 10.5. The second-order valence-electron chi connectivity index (χ2n) is 3.74. The Labute approximate surface area is 101 Å². The van der Waals surface area contributed by atoms with E-state index in [2.05, 4.69) is 10.5 Å². The Bertz CT molecular complexity index is 436. The van der Waals surface area contributed by atoms with Crippen LogP contribution in [0.25, 0.3) is 6.08 Å². The van der Waals surface area contributed by atoms with Gasteiger partial charge in [0.2, 0.25) is 0 Å². The Morgan fingerprint density at radius 3 is 2.59 bits per heavy atom. The Balaban J connectivity index is 2.51. The number of hydrazone groups is 1. The summed E-state index contributed by atoms with van der Waals surface area (Å²) in [6, 6.07) is 9.93. The molecule has 0 spiro atoms. The summed E-state index contributed by atoms with van der Waals surface area (Å²) in [5.74, 6) is -1.01. The van der Waals surface area contributed by atoms with E-state index in [1.807, 2.05) is 43.3 Å². The van der Waals surface area contributed by atoms with Gasteiger partial charge in [-0.05, 0) is 19.4 Å². The molecule has 1 aromatic carbocycles. The normalized spacial score (nSPS) is 12.4. The van der Waals surface area contributed by atoms with Crippen molar-refractivity contribution in [2.24, 2.45) is 5.10 Å². The highest BCUT2D eigenvalue weighted by Gasteiger charge is 1.99. The third kappa shape index (κ3) is 4.97. The highest BCUT2D eigenvalue weighted by Crippen LogP contribution is 2.04. The molecular formula is C13H16N2O2. The molecule has 0 heterocycles. The van der Waals surface area contributed by atoms with E-state index in [-0.39, 0.29) is 5.71 Å². The number of hydrogen-bond donors (Lipinski definition) is 2. The third-order valence-corrected chi connectivity index (χ3v) is 2.13. The maximum atomic E-state index is 10.5. The average Bonchev–Trinajstić information content (AvgIpc) is 2.30. The zero-order valence-corrected chi connectivity index (χ0v) is 9.97. The predicted octanol–water partition coefficient (Wildman–Crippen LogP) is 2.14.